The molecule has 0 fully saturated rings. The lowest BCUT2D eigenvalue weighted by atomic mass is 10.1. The van der Waals surface area contributed by atoms with Crippen LogP contribution in [-0.2, 0) is 6.42 Å². The van der Waals surface area contributed by atoms with Crippen LogP contribution in [0.25, 0.3) is 0 Å². The molecule has 2 aromatic rings. The molecule has 1 aliphatic heterocycles. The lowest BCUT2D eigenvalue weighted by molar-refractivity contribution is 0.0984. The molecule has 0 saturated carbocycles. The van der Waals surface area contributed by atoms with E-state index in [0.717, 1.165) is 5.56 Å². The van der Waals surface area contributed by atoms with Gasteiger partial charge in [0.1, 0.15) is 5.82 Å². The number of halogens is 2. The van der Waals surface area contributed by atoms with Crippen molar-refractivity contribution in [3.05, 3.63) is 63.9 Å². The molecular formula is C17H13ClFNO2. The van der Waals surface area contributed by atoms with E-state index in [2.05, 4.69) is 0 Å². The molecular weight excluding hydrogens is 305 g/mol. The Morgan fingerprint density at radius 2 is 2.00 bits per heavy atom. The third-order valence-corrected chi connectivity index (χ3v) is 4.12. The summed E-state index contributed by atoms with van der Waals surface area (Å²) in [5.74, 6) is -1.12. The second kappa shape index (κ2) is 5.54. The monoisotopic (exact) mass is 317 g/mol. The van der Waals surface area contributed by atoms with Gasteiger partial charge in [0.25, 0.3) is 5.91 Å². The maximum atomic E-state index is 13.9. The van der Waals surface area contributed by atoms with Gasteiger partial charge in [-0.3, -0.25) is 9.59 Å². The molecule has 0 atom stereocenters. The van der Waals surface area contributed by atoms with Crippen LogP contribution in [0, 0.1) is 5.82 Å². The number of benzene rings is 2. The minimum Gasteiger partial charge on any atom is -0.308 e. The molecule has 22 heavy (non-hydrogen) atoms. The lowest BCUT2D eigenvalue weighted by Gasteiger charge is -2.18. The van der Waals surface area contributed by atoms with Crippen molar-refractivity contribution in [2.45, 2.75) is 13.3 Å². The summed E-state index contributed by atoms with van der Waals surface area (Å²) < 4.78 is 13.9. The van der Waals surface area contributed by atoms with E-state index in [1.165, 1.54) is 30.0 Å². The summed E-state index contributed by atoms with van der Waals surface area (Å²) in [6.07, 6.45) is 0.633. The largest absolute Gasteiger partial charge is 0.308 e. The molecule has 0 N–H and O–H groups in total. The minimum absolute atomic E-state index is 0.0234. The number of fused-ring (bicyclic) bond motifs is 1. The van der Waals surface area contributed by atoms with Crippen molar-refractivity contribution in [1.29, 1.82) is 0 Å². The van der Waals surface area contributed by atoms with Crippen molar-refractivity contribution in [2.75, 3.05) is 11.4 Å². The molecule has 1 heterocycles. The van der Waals surface area contributed by atoms with Gasteiger partial charge in [-0.1, -0.05) is 17.7 Å². The van der Waals surface area contributed by atoms with Crippen LogP contribution < -0.4 is 4.90 Å². The molecule has 5 heteroatoms. The molecule has 2 aromatic carbocycles. The highest BCUT2D eigenvalue weighted by Crippen LogP contribution is 2.32. The lowest BCUT2D eigenvalue weighted by Crippen LogP contribution is -2.30. The van der Waals surface area contributed by atoms with Crippen LogP contribution in [0.2, 0.25) is 5.02 Å². The van der Waals surface area contributed by atoms with Crippen molar-refractivity contribution < 1.29 is 14.0 Å². The molecule has 1 amide bonds. The molecule has 3 rings (SSSR count). The number of Topliss-reactive ketones (excluding diaryl/α,β-unsaturated/α-hetero) is 1. The van der Waals surface area contributed by atoms with E-state index in [-0.39, 0.29) is 16.4 Å². The number of anilines is 1. The minimum atomic E-state index is -0.633. The number of hydrogen-bond donors (Lipinski definition) is 0. The first kappa shape index (κ1) is 14.7. The van der Waals surface area contributed by atoms with Crippen LogP contribution in [0.3, 0.4) is 0 Å². The van der Waals surface area contributed by atoms with Gasteiger partial charge in [0.05, 0.1) is 10.6 Å². The third kappa shape index (κ3) is 2.40. The smallest absolute Gasteiger partial charge is 0.262 e. The van der Waals surface area contributed by atoms with Crippen molar-refractivity contribution in [3.8, 4) is 0 Å². The van der Waals surface area contributed by atoms with Gasteiger partial charge in [-0.05, 0) is 49.2 Å². The molecule has 0 bridgehead atoms. The fraction of sp³-hybridized carbons (Fsp3) is 0.176. The number of carbonyl (C=O) groups is 2. The Hall–Kier alpha value is -2.20. The Labute approximate surface area is 132 Å². The molecule has 0 saturated heterocycles. The Bertz CT molecular complexity index is 768. The first-order valence-corrected chi connectivity index (χ1v) is 7.26. The second-order valence-corrected chi connectivity index (χ2v) is 5.61. The maximum absolute atomic E-state index is 13.9. The number of carbonyl (C=O) groups excluding carboxylic acids is 2. The first-order chi connectivity index (χ1) is 10.5. The average Bonchev–Trinajstić information content (AvgIpc) is 2.89. The van der Waals surface area contributed by atoms with Crippen LogP contribution in [0.15, 0.2) is 36.4 Å². The summed E-state index contributed by atoms with van der Waals surface area (Å²) in [6, 6.07) is 9.36. The van der Waals surface area contributed by atoms with Gasteiger partial charge in [0, 0.05) is 17.8 Å². The van der Waals surface area contributed by atoms with Crippen molar-refractivity contribution in [2.24, 2.45) is 0 Å². The highest BCUT2D eigenvalue weighted by molar-refractivity contribution is 6.34. The van der Waals surface area contributed by atoms with E-state index >= 15 is 0 Å². The van der Waals surface area contributed by atoms with Crippen molar-refractivity contribution in [3.63, 3.8) is 0 Å². The number of hydrogen-bond acceptors (Lipinski definition) is 2. The highest BCUT2D eigenvalue weighted by atomic mass is 35.5. The molecule has 0 spiro atoms. The Balaban J connectivity index is 2.00. The first-order valence-electron chi connectivity index (χ1n) is 6.89. The van der Waals surface area contributed by atoms with Crippen LogP contribution in [0.5, 0.6) is 0 Å². The molecule has 0 radical (unpaired) electrons. The maximum Gasteiger partial charge on any atom is 0.262 e. The van der Waals surface area contributed by atoms with E-state index in [1.54, 1.807) is 18.2 Å². The van der Waals surface area contributed by atoms with Gasteiger partial charge >= 0.3 is 0 Å². The number of nitrogens with zero attached hydrogens (tertiary/aromatic N) is 1. The van der Waals surface area contributed by atoms with Gasteiger partial charge in [-0.25, -0.2) is 4.39 Å². The SMILES string of the molecule is CC(=O)c1ccc2c(c1)CCN2C(=O)c1c(F)cccc1Cl. The normalized spacial score (nSPS) is 13.1. The second-order valence-electron chi connectivity index (χ2n) is 5.20. The molecule has 0 aromatic heterocycles. The zero-order valence-electron chi connectivity index (χ0n) is 11.9. The molecule has 0 unspecified atom stereocenters. The predicted molar refractivity (Wildman–Crippen MR) is 83.2 cm³/mol. The van der Waals surface area contributed by atoms with Crippen molar-refractivity contribution in [1.82, 2.24) is 0 Å². The quantitative estimate of drug-likeness (QED) is 0.788. The average molecular weight is 318 g/mol. The highest BCUT2D eigenvalue weighted by Gasteiger charge is 2.29. The van der Waals surface area contributed by atoms with E-state index in [9.17, 15) is 14.0 Å². The summed E-state index contributed by atoms with van der Waals surface area (Å²) in [5.41, 5.74) is 2.10. The van der Waals surface area contributed by atoms with Gasteiger partial charge in [-0.2, -0.15) is 0 Å². The topological polar surface area (TPSA) is 37.4 Å². The fourth-order valence-electron chi connectivity index (χ4n) is 2.67. The molecule has 112 valence electrons. The van der Waals surface area contributed by atoms with E-state index in [0.29, 0.717) is 24.2 Å². The van der Waals surface area contributed by atoms with Crippen LogP contribution in [0.4, 0.5) is 10.1 Å². The van der Waals surface area contributed by atoms with Gasteiger partial charge in [0.15, 0.2) is 5.78 Å². The van der Waals surface area contributed by atoms with Crippen LogP contribution in [0.1, 0.15) is 33.2 Å². The number of ketones is 1. The zero-order chi connectivity index (χ0) is 15.9. The molecule has 3 nitrogen and oxygen atoms in total. The Morgan fingerprint density at radius 1 is 1.23 bits per heavy atom. The van der Waals surface area contributed by atoms with Crippen LogP contribution in [-0.4, -0.2) is 18.2 Å². The Morgan fingerprint density at radius 3 is 2.68 bits per heavy atom. The zero-order valence-corrected chi connectivity index (χ0v) is 12.7. The third-order valence-electron chi connectivity index (χ3n) is 3.80. The van der Waals surface area contributed by atoms with Crippen molar-refractivity contribution >= 4 is 29.0 Å². The molecule has 1 aliphatic rings. The number of amides is 1. The fourth-order valence-corrected chi connectivity index (χ4v) is 2.91. The van der Waals surface area contributed by atoms with E-state index < -0.39 is 11.7 Å². The van der Waals surface area contributed by atoms with Gasteiger partial charge in [-0.15, -0.1) is 0 Å². The summed E-state index contributed by atoms with van der Waals surface area (Å²) >= 11 is 5.96. The summed E-state index contributed by atoms with van der Waals surface area (Å²) in [5, 5.41) is 0.0961. The summed E-state index contributed by atoms with van der Waals surface area (Å²) in [6.45, 7) is 1.94. The Kier molecular flexibility index (Phi) is 3.71. The number of rotatable bonds is 2. The summed E-state index contributed by atoms with van der Waals surface area (Å²) in [7, 11) is 0. The van der Waals surface area contributed by atoms with Crippen LogP contribution >= 0.6 is 11.6 Å². The van der Waals surface area contributed by atoms with Gasteiger partial charge in [0.2, 0.25) is 0 Å². The van der Waals surface area contributed by atoms with E-state index in [1.807, 2.05) is 0 Å². The standard InChI is InChI=1S/C17H13ClFNO2/c1-10(21)11-5-6-15-12(9-11)7-8-20(15)17(22)16-13(18)3-2-4-14(16)19/h2-6,9H,7-8H2,1H3. The van der Waals surface area contributed by atoms with Gasteiger partial charge < -0.3 is 4.90 Å². The predicted octanol–water partition coefficient (Wildman–Crippen LogP) is 3.88. The van der Waals surface area contributed by atoms with E-state index in [4.69, 9.17) is 11.6 Å². The molecule has 0 aliphatic carbocycles. The summed E-state index contributed by atoms with van der Waals surface area (Å²) in [4.78, 5) is 25.5.